The van der Waals surface area contributed by atoms with Gasteiger partial charge in [-0.3, -0.25) is 101 Å². The van der Waals surface area contributed by atoms with Crippen LogP contribution in [0.5, 0.6) is 0 Å². The van der Waals surface area contributed by atoms with Gasteiger partial charge in [-0.05, 0) is 92.3 Å². The number of likely N-dealkylation sites (N-methyl/N-ethyl adjacent to an activating group) is 3. The lowest BCUT2D eigenvalue weighted by Gasteiger charge is -2.36. The van der Waals surface area contributed by atoms with Gasteiger partial charge in [0.2, 0.25) is 112 Å². The van der Waals surface area contributed by atoms with Gasteiger partial charge >= 0.3 is 11.9 Å². The van der Waals surface area contributed by atoms with E-state index in [1.807, 2.05) is 0 Å². The monoisotopic (exact) mass is 1930 g/mol. The van der Waals surface area contributed by atoms with Crippen LogP contribution in [0.2, 0.25) is 0 Å². The number of para-hydroxylation sites is 2. The van der Waals surface area contributed by atoms with Crippen LogP contribution in [0.15, 0.2) is 85.2 Å². The number of aliphatic hydroxyl groups excluding tert-OH is 1. The molecule has 750 valence electrons. The Labute approximate surface area is 793 Å². The minimum Gasteiger partial charge on any atom is -0.481 e. The Hall–Kier alpha value is -14.5. The number of carbonyl (C=O) groups is 21. The van der Waals surface area contributed by atoms with Crippen LogP contribution in [0.25, 0.3) is 21.8 Å². The van der Waals surface area contributed by atoms with Gasteiger partial charge in [-0.2, -0.15) is 0 Å². The molecule has 46 nitrogen and oxygen atoms in total. The summed E-state index contributed by atoms with van der Waals surface area (Å²) < 4.78 is 15.8. The molecule has 0 radical (unpaired) electrons. The van der Waals surface area contributed by atoms with Crippen LogP contribution in [0.3, 0.4) is 0 Å². The minimum absolute atomic E-state index is 0.0555. The third-order valence-corrected chi connectivity index (χ3v) is 24.2. The maximum absolute atomic E-state index is 15.9. The fourth-order valence-corrected chi connectivity index (χ4v) is 16.9. The molecule has 3 fully saturated rings. The molecule has 3 aliphatic heterocycles. The lowest BCUT2D eigenvalue weighted by atomic mass is 9.99. The fraction of sp³-hybridized carbons (Fsp3) is 0.527. The number of carboxylic acid groups (broad SMARTS) is 2. The summed E-state index contributed by atoms with van der Waals surface area (Å²) in [6.45, 7) is 4.46. The van der Waals surface area contributed by atoms with Gasteiger partial charge in [0.05, 0.1) is 38.5 Å². The number of benzene rings is 3. The topological polar surface area (TPSA) is 692 Å². The van der Waals surface area contributed by atoms with Gasteiger partial charge in [-0.1, -0.05) is 102 Å². The molecule has 0 spiro atoms. The van der Waals surface area contributed by atoms with Gasteiger partial charge in [0, 0.05) is 107 Å². The van der Waals surface area contributed by atoms with Gasteiger partial charge in [-0.15, -0.1) is 0 Å². The number of hydrogen-bond donors (Lipinski definition) is 19. The highest BCUT2D eigenvalue weighted by Crippen LogP contribution is 2.29. The standard InChI is InChI=1S/C91H125FN22O24/c1-9-11-21-67-84(131)103-58(32-47(3)4)81(128)108-65(79(126)99-42-74(96)119)41-97-43-75(120)100-61(33-49-25-27-52(92)28-26-49)87(134)109(6)48(5)78(125)105-63(38-73(95)118)89(136)113-31-17-24-68(113)85(132)101-57(29-30-71(93)116)80(127)107-64(39-76(121)122)90(137)114-45-53(115)36-70(114)86(133)104-59(34-50-40-98-56-20-15-13-18-54(50)56)82(129)102-60(37-72(94)117)83(130)106-62(88(135)111(8)69(22-12-10-2)91(138)110(67)7)35-51-44-112(46-77(123)124)66-23-16-14-19-55(51)66/h13-16,18-20,23,25-28,40,44,47-48,53,57-65,67-70,97-98,115H,9-12,17,21-22,24,29-39,41-43,45-46H2,1-8H3,(H2,93,116)(H2,94,117)(H2,95,118)(H2,96,119)(H,99,126)(H,100,120)(H,101,132)(H,102,129)(H,103,131)(H,104,133)(H,105,125)(H,106,130)(H,107,127)(H,108,128)(H,121,122)(H,123,124)/t48-,53+,57-,58-,59-,60-,61-,62-,63-,64-,65-,67-,68-,69-,70-/m0/s1. The van der Waals surface area contributed by atoms with Crippen molar-refractivity contribution in [3.63, 3.8) is 0 Å². The molecular formula is C91H125FN22O24. The normalized spacial score (nSPS) is 24.4. The molecule has 0 bridgehead atoms. The van der Waals surface area contributed by atoms with E-state index >= 15 is 33.6 Å². The summed E-state index contributed by atoms with van der Waals surface area (Å²) in [4.78, 5) is 308. The number of halogens is 1. The van der Waals surface area contributed by atoms with Gasteiger partial charge in [0.15, 0.2) is 0 Å². The number of carbonyl (C=O) groups excluding carboxylic acids is 19. The first-order chi connectivity index (χ1) is 65.3. The SMILES string of the molecule is CCCC[C@H]1C(=O)N(C)[C@@H](CCCC)C(=O)N[C@@H](CC(C)C)C(=O)N[C@H](C(=O)NCC(N)=O)CNCC(=O)N[C@@H](Cc2ccc(F)cc2)C(=O)N(C)[C@@H](C)C(=O)N[C@@H](CC(N)=O)C(=O)N2CCC[C@H]2C(=O)N[C@@H](CCC(N)=O)C(=O)N[C@@H](CC(=O)O)C(=O)N2C[C@H](O)C[C@H]2C(=O)N[C@@H](Cc2c[nH]c3ccccc23)C(=O)N[C@@H](CC(N)=O)C(=O)N[C@@H](Cc2cn(CC(=O)O)c3ccccc23)C(=O)N1C. The predicted molar refractivity (Wildman–Crippen MR) is 491 cm³/mol. The second-order valence-electron chi connectivity index (χ2n) is 35.2. The van der Waals surface area contributed by atoms with Crippen LogP contribution in [0.1, 0.15) is 148 Å². The van der Waals surface area contributed by atoms with Crippen LogP contribution < -0.4 is 81.4 Å². The minimum atomic E-state index is -2.19. The molecule has 3 aromatic carbocycles. The second-order valence-corrected chi connectivity index (χ2v) is 35.2. The van der Waals surface area contributed by atoms with E-state index in [0.717, 1.165) is 38.8 Å². The maximum Gasteiger partial charge on any atom is 0.323 e. The molecule has 3 aliphatic rings. The molecular weight excluding hydrogens is 1800 g/mol. The number of hydrogen-bond acceptors (Lipinski definition) is 23. The molecule has 0 aliphatic carbocycles. The highest BCUT2D eigenvalue weighted by Gasteiger charge is 2.47. The van der Waals surface area contributed by atoms with Gasteiger partial charge < -0.3 is 131 Å². The van der Waals surface area contributed by atoms with Crippen molar-refractivity contribution in [2.75, 3.05) is 53.9 Å². The summed E-state index contributed by atoms with van der Waals surface area (Å²) in [7, 11) is 3.68. The van der Waals surface area contributed by atoms with E-state index in [1.54, 1.807) is 76.2 Å². The zero-order valence-corrected chi connectivity index (χ0v) is 78.1. The van der Waals surface area contributed by atoms with Gasteiger partial charge in [0.1, 0.15) is 96.9 Å². The van der Waals surface area contributed by atoms with E-state index in [4.69, 9.17) is 22.9 Å². The molecule has 2 aromatic heterocycles. The van der Waals surface area contributed by atoms with Crippen LogP contribution in [0, 0.1) is 11.7 Å². The molecule has 19 amide bonds. The molecule has 0 saturated carbocycles. The van der Waals surface area contributed by atoms with Crippen molar-refractivity contribution in [1.29, 1.82) is 0 Å². The van der Waals surface area contributed by atoms with E-state index in [-0.39, 0.29) is 69.0 Å². The smallest absolute Gasteiger partial charge is 0.323 e. The molecule has 3 saturated heterocycles. The number of unbranched alkanes of at least 4 members (excludes halogenated alkanes) is 2. The quantitative estimate of drug-likeness (QED) is 0.0224. The van der Waals surface area contributed by atoms with Crippen molar-refractivity contribution in [1.82, 2.24) is 92.5 Å². The number of carboxylic acids is 2. The van der Waals surface area contributed by atoms with Crippen molar-refractivity contribution in [3.05, 3.63) is 108 Å². The molecule has 47 heteroatoms. The molecule has 5 heterocycles. The number of nitrogens with one attached hydrogen (secondary N) is 12. The lowest BCUT2D eigenvalue weighted by molar-refractivity contribution is -0.149. The predicted octanol–water partition coefficient (Wildman–Crippen LogP) is -4.69. The van der Waals surface area contributed by atoms with E-state index in [2.05, 4.69) is 63.5 Å². The first-order valence-electron chi connectivity index (χ1n) is 45.5. The van der Waals surface area contributed by atoms with Crippen LogP contribution >= 0.6 is 0 Å². The first kappa shape index (κ1) is 109. The number of rotatable bonds is 28. The van der Waals surface area contributed by atoms with Crippen molar-refractivity contribution < 1.29 is 120 Å². The highest BCUT2D eigenvalue weighted by molar-refractivity contribution is 6.04. The van der Waals surface area contributed by atoms with Crippen molar-refractivity contribution in [2.45, 2.75) is 247 Å². The number of fused-ring (bicyclic) bond motifs is 4. The number of nitrogens with two attached hydrogens (primary N) is 4. The summed E-state index contributed by atoms with van der Waals surface area (Å²) in [5.74, 6) is -25.0. The van der Waals surface area contributed by atoms with E-state index in [1.165, 1.54) is 50.1 Å². The van der Waals surface area contributed by atoms with Gasteiger partial charge in [0.25, 0.3) is 0 Å². The van der Waals surface area contributed by atoms with Crippen molar-refractivity contribution in [2.24, 2.45) is 28.9 Å². The largest absolute Gasteiger partial charge is 0.481 e. The Kier molecular flexibility index (Phi) is 40.1. The summed E-state index contributed by atoms with van der Waals surface area (Å²) in [5, 5.41) is 60.4. The average molecular weight is 1930 g/mol. The van der Waals surface area contributed by atoms with Crippen LogP contribution in [-0.2, 0) is 126 Å². The van der Waals surface area contributed by atoms with E-state index < -0.39 is 311 Å². The number of primary amides is 4. The second kappa shape index (κ2) is 50.9. The first-order valence-corrected chi connectivity index (χ1v) is 45.5. The third-order valence-electron chi connectivity index (χ3n) is 24.2. The third kappa shape index (κ3) is 30.5. The Morgan fingerprint density at radius 2 is 1.05 bits per heavy atom. The van der Waals surface area contributed by atoms with E-state index in [9.17, 15) is 86.8 Å². The highest BCUT2D eigenvalue weighted by atomic mass is 19.1. The number of H-pyrrole nitrogens is 1. The Bertz CT molecular complexity index is 5340. The molecule has 5 aromatic rings. The summed E-state index contributed by atoms with van der Waals surface area (Å²) in [6.07, 6.45) is -4.23. The Morgan fingerprint density at radius 3 is 1.69 bits per heavy atom. The van der Waals surface area contributed by atoms with Crippen LogP contribution in [-0.4, -0.2) is 318 Å². The van der Waals surface area contributed by atoms with Crippen molar-refractivity contribution in [3.8, 4) is 0 Å². The van der Waals surface area contributed by atoms with E-state index in [0.29, 0.717) is 45.1 Å². The van der Waals surface area contributed by atoms with Crippen LogP contribution in [0.4, 0.5) is 4.39 Å². The fourth-order valence-electron chi connectivity index (χ4n) is 16.9. The number of amides is 19. The lowest BCUT2D eigenvalue weighted by Crippen LogP contribution is -2.61. The Morgan fingerprint density at radius 1 is 0.514 bits per heavy atom. The molecule has 15 atom stereocenters. The number of aliphatic carboxylic acids is 2. The average Bonchev–Trinajstić information content (AvgIpc) is 1.63. The Balaban J connectivity index is 1.23. The molecule has 8 rings (SSSR count). The summed E-state index contributed by atoms with van der Waals surface area (Å²) in [5.41, 5.74) is 24.2. The molecule has 23 N–H and O–H groups in total. The molecule has 0 unspecified atom stereocenters. The summed E-state index contributed by atoms with van der Waals surface area (Å²) >= 11 is 0. The maximum atomic E-state index is 15.9. The number of aromatic amines is 1. The zero-order valence-electron chi connectivity index (χ0n) is 78.1. The number of aliphatic hydroxyl groups is 1. The zero-order chi connectivity index (χ0) is 102. The van der Waals surface area contributed by atoms with Gasteiger partial charge in [-0.25, -0.2) is 4.39 Å². The number of aromatic nitrogens is 2. The number of nitrogens with zero attached hydrogens (tertiary/aromatic N) is 6. The van der Waals surface area contributed by atoms with Crippen molar-refractivity contribution >= 4 is 146 Å². The molecule has 138 heavy (non-hydrogen) atoms. The summed E-state index contributed by atoms with van der Waals surface area (Å²) in [6, 6.07) is -6.74.